The summed E-state index contributed by atoms with van der Waals surface area (Å²) in [7, 11) is 0. The quantitative estimate of drug-likeness (QED) is 0.885. The zero-order valence-corrected chi connectivity index (χ0v) is 12.6. The summed E-state index contributed by atoms with van der Waals surface area (Å²) in [6.45, 7) is 0.980. The largest absolute Gasteiger partial charge is 0.391 e. The molecule has 7 nitrogen and oxygen atoms in total. The highest BCUT2D eigenvalue weighted by molar-refractivity contribution is 6.32. The number of carbonyl (C=O) groups excluding carboxylic acids is 1. The number of aliphatic hydroxyl groups excluding tert-OH is 1. The number of aliphatic hydroxyl groups is 1. The van der Waals surface area contributed by atoms with Crippen molar-refractivity contribution < 1.29 is 9.90 Å². The molecule has 2 aromatic rings. The molecule has 0 saturated carbocycles. The van der Waals surface area contributed by atoms with E-state index in [-0.39, 0.29) is 6.03 Å². The van der Waals surface area contributed by atoms with Crippen molar-refractivity contribution in [1.82, 2.24) is 19.7 Å². The molecule has 1 atom stereocenters. The number of piperidine rings is 1. The minimum absolute atomic E-state index is 0.267. The first-order valence-corrected chi connectivity index (χ1v) is 7.42. The molecule has 2 aromatic heterocycles. The van der Waals surface area contributed by atoms with E-state index in [1.54, 1.807) is 35.5 Å². The molecule has 1 aliphatic rings. The van der Waals surface area contributed by atoms with E-state index in [2.05, 4.69) is 15.4 Å². The van der Waals surface area contributed by atoms with Crippen molar-refractivity contribution in [1.29, 1.82) is 0 Å². The molecule has 3 rings (SSSR count). The number of hydrogen-bond donors (Lipinski definition) is 2. The first-order chi connectivity index (χ1) is 10.6. The smallest absolute Gasteiger partial charge is 0.323 e. The van der Waals surface area contributed by atoms with Crippen LogP contribution in [0.2, 0.25) is 5.02 Å². The van der Waals surface area contributed by atoms with Gasteiger partial charge in [-0.25, -0.2) is 14.5 Å². The van der Waals surface area contributed by atoms with Gasteiger partial charge in [-0.3, -0.25) is 5.32 Å². The lowest BCUT2D eigenvalue weighted by Crippen LogP contribution is -2.44. The molecule has 2 N–H and O–H groups in total. The van der Waals surface area contributed by atoms with Gasteiger partial charge in [0.25, 0.3) is 0 Å². The molecule has 0 aromatic carbocycles. The van der Waals surface area contributed by atoms with Crippen LogP contribution >= 0.6 is 11.6 Å². The summed E-state index contributed by atoms with van der Waals surface area (Å²) in [5.74, 6) is 0.907. The van der Waals surface area contributed by atoms with Crippen molar-refractivity contribution in [3.05, 3.63) is 35.6 Å². The molecule has 8 heteroatoms. The average molecular weight is 322 g/mol. The van der Waals surface area contributed by atoms with Gasteiger partial charge in [0.2, 0.25) is 0 Å². The van der Waals surface area contributed by atoms with Crippen LogP contribution in [-0.4, -0.2) is 50.0 Å². The van der Waals surface area contributed by atoms with Crippen molar-refractivity contribution >= 4 is 23.4 Å². The SMILES string of the molecule is O=C(Nc1ccn(-c2ncccc2Cl)n1)N1CCCC(O)C1. The second-order valence-electron chi connectivity index (χ2n) is 5.13. The van der Waals surface area contributed by atoms with Gasteiger partial charge < -0.3 is 10.0 Å². The Labute approximate surface area is 132 Å². The topological polar surface area (TPSA) is 83.3 Å². The Morgan fingerprint density at radius 3 is 3.09 bits per heavy atom. The number of urea groups is 1. The molecule has 1 aliphatic heterocycles. The van der Waals surface area contributed by atoms with Gasteiger partial charge in [0.1, 0.15) is 0 Å². The second kappa shape index (κ2) is 6.33. The van der Waals surface area contributed by atoms with Gasteiger partial charge in [0.15, 0.2) is 11.6 Å². The normalized spacial score (nSPS) is 18.3. The summed E-state index contributed by atoms with van der Waals surface area (Å²) in [6, 6.07) is 4.86. The zero-order chi connectivity index (χ0) is 15.5. The molecular formula is C14H16ClN5O2. The molecule has 22 heavy (non-hydrogen) atoms. The minimum Gasteiger partial charge on any atom is -0.391 e. The van der Waals surface area contributed by atoms with Gasteiger partial charge in [0.05, 0.1) is 11.1 Å². The Morgan fingerprint density at radius 2 is 2.32 bits per heavy atom. The standard InChI is InChI=1S/C14H16ClN5O2/c15-11-4-1-6-16-13(11)20-8-5-12(18-20)17-14(22)19-7-2-3-10(21)9-19/h1,4-6,8,10,21H,2-3,7,9H2,(H,17,18,22). The summed E-state index contributed by atoms with van der Waals surface area (Å²) >= 11 is 6.06. The van der Waals surface area contributed by atoms with Crippen LogP contribution in [0.5, 0.6) is 0 Å². The molecule has 0 aliphatic carbocycles. The maximum Gasteiger partial charge on any atom is 0.323 e. The Bertz CT molecular complexity index is 675. The first-order valence-electron chi connectivity index (χ1n) is 7.04. The van der Waals surface area contributed by atoms with Crippen LogP contribution in [0.15, 0.2) is 30.6 Å². The van der Waals surface area contributed by atoms with E-state index in [1.807, 2.05) is 0 Å². The number of halogens is 1. The Balaban J connectivity index is 1.69. The fourth-order valence-corrected chi connectivity index (χ4v) is 2.59. The number of rotatable bonds is 2. The van der Waals surface area contributed by atoms with Gasteiger partial charge >= 0.3 is 6.03 Å². The maximum atomic E-state index is 12.1. The third kappa shape index (κ3) is 3.20. The number of aromatic nitrogens is 3. The van der Waals surface area contributed by atoms with Gasteiger partial charge in [-0.1, -0.05) is 11.6 Å². The van der Waals surface area contributed by atoms with Crippen LogP contribution < -0.4 is 5.32 Å². The highest BCUT2D eigenvalue weighted by Crippen LogP contribution is 2.18. The van der Waals surface area contributed by atoms with Crippen LogP contribution in [0.4, 0.5) is 10.6 Å². The molecule has 116 valence electrons. The number of nitrogens with zero attached hydrogens (tertiary/aromatic N) is 4. The number of anilines is 1. The van der Waals surface area contributed by atoms with E-state index >= 15 is 0 Å². The number of hydrogen-bond acceptors (Lipinski definition) is 4. The van der Waals surface area contributed by atoms with Crippen molar-refractivity contribution in [2.45, 2.75) is 18.9 Å². The summed E-state index contributed by atoms with van der Waals surface area (Å²) in [5.41, 5.74) is 0. The Kier molecular flexibility index (Phi) is 4.26. The van der Waals surface area contributed by atoms with Crippen LogP contribution in [0.25, 0.3) is 5.82 Å². The van der Waals surface area contributed by atoms with Crippen LogP contribution in [0, 0.1) is 0 Å². The van der Waals surface area contributed by atoms with E-state index in [4.69, 9.17) is 11.6 Å². The highest BCUT2D eigenvalue weighted by Gasteiger charge is 2.22. The summed E-state index contributed by atoms with van der Waals surface area (Å²) < 4.78 is 1.50. The third-order valence-corrected chi connectivity index (χ3v) is 3.76. The van der Waals surface area contributed by atoms with Gasteiger partial charge in [-0.15, -0.1) is 5.10 Å². The second-order valence-corrected chi connectivity index (χ2v) is 5.53. The molecule has 0 bridgehead atoms. The van der Waals surface area contributed by atoms with Crippen LogP contribution in [0.3, 0.4) is 0 Å². The van der Waals surface area contributed by atoms with E-state index in [0.29, 0.717) is 29.7 Å². The number of nitrogens with one attached hydrogen (secondary N) is 1. The fourth-order valence-electron chi connectivity index (χ4n) is 2.38. The molecule has 1 unspecified atom stereocenters. The predicted molar refractivity (Wildman–Crippen MR) is 82.2 cm³/mol. The van der Waals surface area contributed by atoms with E-state index < -0.39 is 6.10 Å². The Morgan fingerprint density at radius 1 is 1.45 bits per heavy atom. The van der Waals surface area contributed by atoms with E-state index in [9.17, 15) is 9.90 Å². The number of carbonyl (C=O) groups is 1. The summed E-state index contributed by atoms with van der Waals surface area (Å²) in [5, 5.41) is 17.0. The van der Waals surface area contributed by atoms with Crippen molar-refractivity contribution in [2.24, 2.45) is 0 Å². The van der Waals surface area contributed by atoms with Gasteiger partial charge in [-0.05, 0) is 25.0 Å². The van der Waals surface area contributed by atoms with E-state index in [1.165, 1.54) is 4.68 Å². The minimum atomic E-state index is -0.454. The maximum absolute atomic E-state index is 12.1. The average Bonchev–Trinajstić information content (AvgIpc) is 2.96. The van der Waals surface area contributed by atoms with Gasteiger partial charge in [0, 0.05) is 31.5 Å². The number of pyridine rings is 1. The molecule has 0 radical (unpaired) electrons. The summed E-state index contributed by atoms with van der Waals surface area (Å²) in [4.78, 5) is 17.9. The predicted octanol–water partition coefficient (Wildman–Crippen LogP) is 1.91. The lowest BCUT2D eigenvalue weighted by Gasteiger charge is -2.29. The van der Waals surface area contributed by atoms with Crippen molar-refractivity contribution in [2.75, 3.05) is 18.4 Å². The molecule has 1 fully saturated rings. The number of β-amino-alcohol motifs (C(OH)–C–C–N with tert-alkyl or cyclic N) is 1. The zero-order valence-electron chi connectivity index (χ0n) is 11.8. The van der Waals surface area contributed by atoms with Crippen molar-refractivity contribution in [3.8, 4) is 5.82 Å². The number of likely N-dealkylation sites (tertiary alicyclic amines) is 1. The molecule has 1 saturated heterocycles. The molecule has 2 amide bonds. The Hall–Kier alpha value is -2.12. The molecule has 3 heterocycles. The summed E-state index contributed by atoms with van der Waals surface area (Å²) in [6.07, 6.45) is 4.37. The first kappa shape index (κ1) is 14.8. The lowest BCUT2D eigenvalue weighted by molar-refractivity contribution is 0.0883. The molecule has 0 spiro atoms. The molecular weight excluding hydrogens is 306 g/mol. The highest BCUT2D eigenvalue weighted by atomic mass is 35.5. The fraction of sp³-hybridized carbons (Fsp3) is 0.357. The van der Waals surface area contributed by atoms with Crippen LogP contribution in [0.1, 0.15) is 12.8 Å². The number of amides is 2. The van der Waals surface area contributed by atoms with Gasteiger partial charge in [-0.2, -0.15) is 0 Å². The van der Waals surface area contributed by atoms with Crippen molar-refractivity contribution in [3.63, 3.8) is 0 Å². The lowest BCUT2D eigenvalue weighted by atomic mass is 10.1. The van der Waals surface area contributed by atoms with Crippen LogP contribution in [-0.2, 0) is 0 Å². The van der Waals surface area contributed by atoms with E-state index in [0.717, 1.165) is 12.8 Å². The monoisotopic (exact) mass is 321 g/mol. The third-order valence-electron chi connectivity index (χ3n) is 3.46.